The number of hydrogen-bond acceptors (Lipinski definition) is 1. The van der Waals surface area contributed by atoms with E-state index >= 15 is 0 Å². The number of allylic oxidation sites excluding steroid dienone is 1. The fourth-order valence-corrected chi connectivity index (χ4v) is 2.20. The second-order valence-electron chi connectivity index (χ2n) is 6.46. The molecule has 120 valence electrons. The third kappa shape index (κ3) is 5.10. The molecule has 0 radical (unpaired) electrons. The summed E-state index contributed by atoms with van der Waals surface area (Å²) in [7, 11) is 0. The van der Waals surface area contributed by atoms with E-state index in [2.05, 4.69) is 57.3 Å². The number of benzene rings is 2. The Morgan fingerprint density at radius 3 is 2.04 bits per heavy atom. The summed E-state index contributed by atoms with van der Waals surface area (Å²) in [5, 5.41) is 2.94. The van der Waals surface area contributed by atoms with Gasteiger partial charge in [0.1, 0.15) is 0 Å². The Kier molecular flexibility index (Phi) is 5.75. The number of amides is 1. The molecule has 1 N–H and O–H groups in total. The summed E-state index contributed by atoms with van der Waals surface area (Å²) >= 11 is 0. The van der Waals surface area contributed by atoms with Gasteiger partial charge in [-0.25, -0.2) is 0 Å². The summed E-state index contributed by atoms with van der Waals surface area (Å²) < 4.78 is 0. The van der Waals surface area contributed by atoms with E-state index in [0.29, 0.717) is 17.4 Å². The van der Waals surface area contributed by atoms with Gasteiger partial charge in [0.2, 0.25) is 0 Å². The molecule has 2 nitrogen and oxygen atoms in total. The van der Waals surface area contributed by atoms with Crippen molar-refractivity contribution in [3.05, 3.63) is 71.3 Å². The van der Waals surface area contributed by atoms with Gasteiger partial charge in [0.15, 0.2) is 0 Å². The monoisotopic (exact) mass is 307 g/mol. The van der Waals surface area contributed by atoms with Crippen LogP contribution in [0.25, 0.3) is 6.08 Å². The van der Waals surface area contributed by atoms with Crippen molar-refractivity contribution in [2.24, 2.45) is 5.92 Å². The Morgan fingerprint density at radius 2 is 1.52 bits per heavy atom. The molecule has 0 bridgehead atoms. The highest BCUT2D eigenvalue weighted by Gasteiger charge is 2.06. The summed E-state index contributed by atoms with van der Waals surface area (Å²) in [5.74, 6) is 0.930. The highest BCUT2D eigenvalue weighted by atomic mass is 16.1. The zero-order valence-corrected chi connectivity index (χ0v) is 14.3. The Bertz CT molecular complexity index is 664. The molecule has 0 atom stereocenters. The largest absolute Gasteiger partial charge is 0.322 e. The van der Waals surface area contributed by atoms with Gasteiger partial charge in [0.25, 0.3) is 5.91 Å². The van der Waals surface area contributed by atoms with Crippen molar-refractivity contribution in [3.63, 3.8) is 0 Å². The molecule has 2 heteroatoms. The molecule has 2 aromatic rings. The Hall–Kier alpha value is -2.35. The maximum atomic E-state index is 12.3. The molecule has 0 aliphatic rings. The van der Waals surface area contributed by atoms with Gasteiger partial charge in [-0.15, -0.1) is 0 Å². The topological polar surface area (TPSA) is 29.1 Å². The minimum Gasteiger partial charge on any atom is -0.322 e. The van der Waals surface area contributed by atoms with E-state index in [1.54, 1.807) is 0 Å². The SMILES string of the molecule is CC(C)C=Cc1ccc(C(=O)Nc2ccc(C(C)C)cc2)cc1. The predicted molar refractivity (Wildman–Crippen MR) is 98.8 cm³/mol. The van der Waals surface area contributed by atoms with Gasteiger partial charge >= 0.3 is 0 Å². The highest BCUT2D eigenvalue weighted by molar-refractivity contribution is 6.04. The molecular weight excluding hydrogens is 282 g/mol. The molecule has 0 unspecified atom stereocenters. The van der Waals surface area contributed by atoms with E-state index in [-0.39, 0.29) is 5.91 Å². The molecule has 0 heterocycles. The van der Waals surface area contributed by atoms with Crippen molar-refractivity contribution in [2.45, 2.75) is 33.6 Å². The molecule has 0 saturated heterocycles. The van der Waals surface area contributed by atoms with Crippen molar-refractivity contribution in [3.8, 4) is 0 Å². The predicted octanol–water partition coefficient (Wildman–Crippen LogP) is 5.73. The maximum Gasteiger partial charge on any atom is 0.255 e. The average Bonchev–Trinajstić information content (AvgIpc) is 2.54. The first-order valence-corrected chi connectivity index (χ1v) is 8.15. The van der Waals surface area contributed by atoms with Crippen LogP contribution in [-0.4, -0.2) is 5.91 Å². The van der Waals surface area contributed by atoms with Crippen LogP contribution >= 0.6 is 0 Å². The molecule has 1 amide bonds. The minimum atomic E-state index is -0.0818. The first-order valence-electron chi connectivity index (χ1n) is 8.15. The van der Waals surface area contributed by atoms with Gasteiger partial charge < -0.3 is 5.32 Å². The molecule has 2 rings (SSSR count). The van der Waals surface area contributed by atoms with E-state index in [0.717, 1.165) is 11.3 Å². The van der Waals surface area contributed by atoms with Crippen molar-refractivity contribution in [1.29, 1.82) is 0 Å². The van der Waals surface area contributed by atoms with Gasteiger partial charge in [-0.3, -0.25) is 4.79 Å². The highest BCUT2D eigenvalue weighted by Crippen LogP contribution is 2.18. The molecule has 23 heavy (non-hydrogen) atoms. The number of carbonyl (C=O) groups is 1. The van der Waals surface area contributed by atoms with Crippen molar-refractivity contribution in [1.82, 2.24) is 0 Å². The summed E-state index contributed by atoms with van der Waals surface area (Å²) in [6.45, 7) is 8.59. The van der Waals surface area contributed by atoms with Crippen LogP contribution in [0.3, 0.4) is 0 Å². The Morgan fingerprint density at radius 1 is 0.913 bits per heavy atom. The van der Waals surface area contributed by atoms with Gasteiger partial charge in [-0.05, 0) is 47.2 Å². The average molecular weight is 307 g/mol. The number of rotatable bonds is 5. The van der Waals surface area contributed by atoms with Gasteiger partial charge in [0.05, 0.1) is 0 Å². The Labute approximate surface area is 139 Å². The number of carbonyl (C=O) groups excluding carboxylic acids is 1. The first kappa shape index (κ1) is 17.0. The van der Waals surface area contributed by atoms with E-state index in [9.17, 15) is 4.79 Å². The number of hydrogen-bond donors (Lipinski definition) is 1. The molecule has 0 fully saturated rings. The lowest BCUT2D eigenvalue weighted by atomic mass is 10.0. The van der Waals surface area contributed by atoms with Crippen LogP contribution in [-0.2, 0) is 0 Å². The van der Waals surface area contributed by atoms with E-state index < -0.39 is 0 Å². The van der Waals surface area contributed by atoms with Crippen LogP contribution in [0.15, 0.2) is 54.6 Å². The van der Waals surface area contributed by atoms with Crippen LogP contribution in [0.2, 0.25) is 0 Å². The summed E-state index contributed by atoms with van der Waals surface area (Å²) in [6.07, 6.45) is 4.22. The van der Waals surface area contributed by atoms with E-state index in [4.69, 9.17) is 0 Å². The van der Waals surface area contributed by atoms with Crippen LogP contribution < -0.4 is 5.32 Å². The minimum absolute atomic E-state index is 0.0818. The maximum absolute atomic E-state index is 12.3. The fraction of sp³-hybridized carbons (Fsp3) is 0.286. The van der Waals surface area contributed by atoms with Gasteiger partial charge in [0, 0.05) is 11.3 Å². The van der Waals surface area contributed by atoms with Crippen LogP contribution in [0.4, 0.5) is 5.69 Å². The third-order valence-electron chi connectivity index (χ3n) is 3.68. The van der Waals surface area contributed by atoms with Gasteiger partial charge in [-0.2, -0.15) is 0 Å². The molecule has 0 aliphatic carbocycles. The number of anilines is 1. The zero-order valence-electron chi connectivity index (χ0n) is 14.3. The molecule has 0 aliphatic heterocycles. The standard InChI is InChI=1S/C21H25NO/c1-15(2)5-6-17-7-9-19(10-8-17)21(23)22-20-13-11-18(12-14-20)16(3)4/h5-16H,1-4H3,(H,22,23). The molecule has 2 aromatic carbocycles. The molecule has 0 saturated carbocycles. The second-order valence-corrected chi connectivity index (χ2v) is 6.46. The van der Waals surface area contributed by atoms with Crippen LogP contribution in [0.1, 0.15) is 55.1 Å². The zero-order chi connectivity index (χ0) is 16.8. The van der Waals surface area contributed by atoms with Crippen molar-refractivity contribution >= 4 is 17.7 Å². The molecule has 0 spiro atoms. The quantitative estimate of drug-likeness (QED) is 0.750. The second kappa shape index (κ2) is 7.77. The van der Waals surface area contributed by atoms with Gasteiger partial charge in [-0.1, -0.05) is 64.1 Å². The molecule has 0 aromatic heterocycles. The third-order valence-corrected chi connectivity index (χ3v) is 3.68. The summed E-state index contributed by atoms with van der Waals surface area (Å²) in [4.78, 5) is 12.3. The lowest BCUT2D eigenvalue weighted by molar-refractivity contribution is 0.102. The summed E-state index contributed by atoms with van der Waals surface area (Å²) in [6, 6.07) is 15.7. The van der Waals surface area contributed by atoms with Crippen LogP contribution in [0.5, 0.6) is 0 Å². The smallest absolute Gasteiger partial charge is 0.255 e. The Balaban J connectivity index is 2.03. The first-order chi connectivity index (χ1) is 11.0. The lowest BCUT2D eigenvalue weighted by Gasteiger charge is -2.08. The van der Waals surface area contributed by atoms with Crippen LogP contribution in [0, 0.1) is 5.92 Å². The summed E-state index contributed by atoms with van der Waals surface area (Å²) in [5.41, 5.74) is 3.86. The number of nitrogens with one attached hydrogen (secondary N) is 1. The van der Waals surface area contributed by atoms with Crippen molar-refractivity contribution in [2.75, 3.05) is 5.32 Å². The molecular formula is C21H25NO. The van der Waals surface area contributed by atoms with E-state index in [1.165, 1.54) is 5.56 Å². The lowest BCUT2D eigenvalue weighted by Crippen LogP contribution is -2.11. The fourth-order valence-electron chi connectivity index (χ4n) is 2.20. The normalized spacial score (nSPS) is 11.4. The van der Waals surface area contributed by atoms with Crippen molar-refractivity contribution < 1.29 is 4.79 Å². The van der Waals surface area contributed by atoms with E-state index in [1.807, 2.05) is 36.4 Å².